The maximum Gasteiger partial charge on any atom is 0.243 e. The molecular weight excluding hydrogens is 246 g/mol. The summed E-state index contributed by atoms with van der Waals surface area (Å²) in [5, 5.41) is 0. The third kappa shape index (κ3) is 2.35. The molecule has 2 rings (SSSR count). The molecule has 1 aromatic carbocycles. The highest BCUT2D eigenvalue weighted by atomic mass is 32.2. The SMILES string of the molecule is C/C=C1\CN(S(=O)(=O)c2ccc(C)cc2)C[C@H]1C. The Bertz CT molecular complexity index is 558. The van der Waals surface area contributed by atoms with Crippen LogP contribution in [0.3, 0.4) is 0 Å². The van der Waals surface area contributed by atoms with Crippen molar-refractivity contribution >= 4 is 10.0 Å². The molecule has 0 spiro atoms. The van der Waals surface area contributed by atoms with Crippen molar-refractivity contribution in [1.82, 2.24) is 4.31 Å². The van der Waals surface area contributed by atoms with E-state index >= 15 is 0 Å². The first-order valence-corrected chi connectivity index (χ1v) is 7.61. The van der Waals surface area contributed by atoms with Gasteiger partial charge in [-0.2, -0.15) is 4.31 Å². The lowest BCUT2D eigenvalue weighted by Gasteiger charge is -2.15. The maximum atomic E-state index is 12.5. The Balaban J connectivity index is 2.31. The number of rotatable bonds is 2. The number of benzene rings is 1. The lowest BCUT2D eigenvalue weighted by molar-refractivity contribution is 0.464. The Labute approximate surface area is 109 Å². The van der Waals surface area contributed by atoms with E-state index in [1.165, 1.54) is 5.57 Å². The maximum absolute atomic E-state index is 12.5. The first-order valence-electron chi connectivity index (χ1n) is 6.17. The molecule has 0 amide bonds. The minimum absolute atomic E-state index is 0.315. The fourth-order valence-corrected chi connectivity index (χ4v) is 3.78. The minimum atomic E-state index is -3.34. The smallest absolute Gasteiger partial charge is 0.207 e. The van der Waals surface area contributed by atoms with Gasteiger partial charge in [0.15, 0.2) is 0 Å². The minimum Gasteiger partial charge on any atom is -0.207 e. The van der Waals surface area contributed by atoms with Crippen LogP contribution in [0.1, 0.15) is 19.4 Å². The molecule has 98 valence electrons. The molecule has 4 heteroatoms. The molecule has 3 nitrogen and oxygen atoms in total. The van der Waals surface area contributed by atoms with Gasteiger partial charge in [-0.3, -0.25) is 0 Å². The summed E-state index contributed by atoms with van der Waals surface area (Å²) in [6.07, 6.45) is 2.02. The second-order valence-electron chi connectivity index (χ2n) is 4.88. The largest absolute Gasteiger partial charge is 0.243 e. The average molecular weight is 265 g/mol. The molecule has 1 heterocycles. The number of hydrogen-bond donors (Lipinski definition) is 0. The van der Waals surface area contributed by atoms with Crippen molar-refractivity contribution in [2.24, 2.45) is 5.92 Å². The number of allylic oxidation sites excluding steroid dienone is 1. The highest BCUT2D eigenvalue weighted by molar-refractivity contribution is 7.89. The summed E-state index contributed by atoms with van der Waals surface area (Å²) in [6, 6.07) is 7.04. The predicted molar refractivity (Wildman–Crippen MR) is 72.9 cm³/mol. The van der Waals surface area contributed by atoms with E-state index in [1.54, 1.807) is 16.4 Å². The monoisotopic (exact) mass is 265 g/mol. The van der Waals surface area contributed by atoms with Crippen LogP contribution < -0.4 is 0 Å². The Morgan fingerprint density at radius 3 is 2.39 bits per heavy atom. The van der Waals surface area contributed by atoms with Crippen LogP contribution in [-0.4, -0.2) is 25.8 Å². The van der Waals surface area contributed by atoms with Crippen LogP contribution in [0, 0.1) is 12.8 Å². The third-order valence-corrected chi connectivity index (χ3v) is 5.32. The fourth-order valence-electron chi connectivity index (χ4n) is 2.26. The van der Waals surface area contributed by atoms with Crippen molar-refractivity contribution in [3.05, 3.63) is 41.5 Å². The van der Waals surface area contributed by atoms with Gasteiger partial charge in [0.05, 0.1) is 4.90 Å². The van der Waals surface area contributed by atoms with Gasteiger partial charge in [0.25, 0.3) is 0 Å². The zero-order valence-electron chi connectivity index (χ0n) is 11.1. The standard InChI is InChI=1S/C14H19NO2S/c1-4-13-10-15(9-12(13)3)18(16,17)14-7-5-11(2)6-8-14/h4-8,12H,9-10H2,1-3H3/b13-4+/t12-/m1/s1. The van der Waals surface area contributed by atoms with Crippen LogP contribution in [0.4, 0.5) is 0 Å². The van der Waals surface area contributed by atoms with E-state index in [0.717, 1.165) is 5.56 Å². The molecule has 1 fully saturated rings. The molecule has 0 N–H and O–H groups in total. The van der Waals surface area contributed by atoms with Gasteiger partial charge in [-0.25, -0.2) is 8.42 Å². The zero-order valence-corrected chi connectivity index (χ0v) is 11.9. The summed E-state index contributed by atoms with van der Waals surface area (Å²) in [6.45, 7) is 7.09. The molecule has 0 radical (unpaired) electrons. The summed E-state index contributed by atoms with van der Waals surface area (Å²) >= 11 is 0. The number of nitrogens with zero attached hydrogens (tertiary/aromatic N) is 1. The van der Waals surface area contributed by atoms with Crippen LogP contribution >= 0.6 is 0 Å². The van der Waals surface area contributed by atoms with Crippen molar-refractivity contribution in [2.45, 2.75) is 25.7 Å². The molecular formula is C14H19NO2S. The third-order valence-electron chi connectivity index (χ3n) is 3.50. The van der Waals surface area contributed by atoms with Crippen molar-refractivity contribution in [2.75, 3.05) is 13.1 Å². The summed E-state index contributed by atoms with van der Waals surface area (Å²) < 4.78 is 26.5. The quantitative estimate of drug-likeness (QED) is 0.771. The van der Waals surface area contributed by atoms with E-state index in [1.807, 2.05) is 32.1 Å². The molecule has 0 saturated carbocycles. The van der Waals surface area contributed by atoms with Gasteiger partial charge in [0, 0.05) is 13.1 Å². The fraction of sp³-hybridized carbons (Fsp3) is 0.429. The lowest BCUT2D eigenvalue weighted by Crippen LogP contribution is -2.28. The molecule has 1 aliphatic rings. The molecule has 1 saturated heterocycles. The molecule has 0 aromatic heterocycles. The Morgan fingerprint density at radius 1 is 1.28 bits per heavy atom. The highest BCUT2D eigenvalue weighted by Gasteiger charge is 2.33. The normalized spacial score (nSPS) is 23.7. The van der Waals surface area contributed by atoms with E-state index in [0.29, 0.717) is 23.9 Å². The molecule has 1 aliphatic heterocycles. The summed E-state index contributed by atoms with van der Waals surface area (Å²) in [5.74, 6) is 0.315. The van der Waals surface area contributed by atoms with Gasteiger partial charge in [0.2, 0.25) is 10.0 Å². The predicted octanol–water partition coefficient (Wildman–Crippen LogP) is 2.58. The second kappa shape index (κ2) is 4.86. The van der Waals surface area contributed by atoms with Gasteiger partial charge >= 0.3 is 0 Å². The van der Waals surface area contributed by atoms with Crippen molar-refractivity contribution < 1.29 is 8.42 Å². The van der Waals surface area contributed by atoms with Crippen LogP contribution in [0.25, 0.3) is 0 Å². The molecule has 18 heavy (non-hydrogen) atoms. The Kier molecular flexibility index (Phi) is 3.59. The van der Waals surface area contributed by atoms with E-state index in [4.69, 9.17) is 0 Å². The molecule has 0 bridgehead atoms. The molecule has 1 aromatic rings. The van der Waals surface area contributed by atoms with Gasteiger partial charge in [0.1, 0.15) is 0 Å². The van der Waals surface area contributed by atoms with E-state index < -0.39 is 10.0 Å². The van der Waals surface area contributed by atoms with E-state index in [2.05, 4.69) is 6.92 Å². The van der Waals surface area contributed by atoms with Crippen LogP contribution in [0.2, 0.25) is 0 Å². The summed E-state index contributed by atoms with van der Waals surface area (Å²) in [7, 11) is -3.34. The molecule has 0 unspecified atom stereocenters. The van der Waals surface area contributed by atoms with Gasteiger partial charge in [-0.05, 0) is 31.9 Å². The molecule has 1 atom stereocenters. The van der Waals surface area contributed by atoms with Gasteiger partial charge in [-0.15, -0.1) is 0 Å². The number of aryl methyl sites for hydroxylation is 1. The first kappa shape index (κ1) is 13.3. The van der Waals surface area contributed by atoms with E-state index in [9.17, 15) is 8.42 Å². The van der Waals surface area contributed by atoms with Crippen LogP contribution in [-0.2, 0) is 10.0 Å². The number of hydrogen-bond acceptors (Lipinski definition) is 2. The van der Waals surface area contributed by atoms with Crippen LogP contribution in [0.15, 0.2) is 40.8 Å². The van der Waals surface area contributed by atoms with Gasteiger partial charge < -0.3 is 0 Å². The van der Waals surface area contributed by atoms with E-state index in [-0.39, 0.29) is 0 Å². The Hall–Kier alpha value is -1.13. The molecule has 0 aliphatic carbocycles. The topological polar surface area (TPSA) is 37.4 Å². The number of sulfonamides is 1. The summed E-state index contributed by atoms with van der Waals surface area (Å²) in [4.78, 5) is 0.387. The average Bonchev–Trinajstić information content (AvgIpc) is 2.72. The Morgan fingerprint density at radius 2 is 1.89 bits per heavy atom. The highest BCUT2D eigenvalue weighted by Crippen LogP contribution is 2.27. The van der Waals surface area contributed by atoms with Crippen molar-refractivity contribution in [1.29, 1.82) is 0 Å². The van der Waals surface area contributed by atoms with Crippen LogP contribution in [0.5, 0.6) is 0 Å². The summed E-state index contributed by atoms with van der Waals surface area (Å²) in [5.41, 5.74) is 2.27. The van der Waals surface area contributed by atoms with Crippen molar-refractivity contribution in [3.8, 4) is 0 Å². The van der Waals surface area contributed by atoms with Crippen molar-refractivity contribution in [3.63, 3.8) is 0 Å². The second-order valence-corrected chi connectivity index (χ2v) is 6.81. The first-order chi connectivity index (χ1) is 8.45. The van der Waals surface area contributed by atoms with Gasteiger partial charge in [-0.1, -0.05) is 36.3 Å². The lowest BCUT2D eigenvalue weighted by atomic mass is 10.1. The zero-order chi connectivity index (χ0) is 13.3.